The number of hydrogen-bond acceptors (Lipinski definition) is 3. The quantitative estimate of drug-likeness (QED) is 0.839. The zero-order chi connectivity index (χ0) is 11.0. The van der Waals surface area contributed by atoms with Crippen molar-refractivity contribution in [2.45, 2.75) is 46.1 Å². The SMILES string of the molecule is CC(N)c1nc2c(s1)CC(C(C)C)CC2. The lowest BCUT2D eigenvalue weighted by molar-refractivity contribution is 0.344. The Morgan fingerprint density at radius 1 is 1.40 bits per heavy atom. The number of aryl methyl sites for hydroxylation is 1. The smallest absolute Gasteiger partial charge is 0.110 e. The molecule has 0 aliphatic heterocycles. The maximum atomic E-state index is 5.87. The van der Waals surface area contributed by atoms with E-state index >= 15 is 0 Å². The van der Waals surface area contributed by atoms with Gasteiger partial charge in [0.05, 0.1) is 11.7 Å². The van der Waals surface area contributed by atoms with Crippen molar-refractivity contribution in [1.29, 1.82) is 0 Å². The molecule has 2 rings (SSSR count). The molecule has 2 atom stereocenters. The lowest BCUT2D eigenvalue weighted by atomic mass is 9.83. The van der Waals surface area contributed by atoms with Gasteiger partial charge in [-0.3, -0.25) is 0 Å². The number of nitrogens with zero attached hydrogens (tertiary/aromatic N) is 1. The molecule has 0 spiro atoms. The zero-order valence-electron chi connectivity index (χ0n) is 9.79. The van der Waals surface area contributed by atoms with Crippen LogP contribution in [0.25, 0.3) is 0 Å². The van der Waals surface area contributed by atoms with E-state index in [9.17, 15) is 0 Å². The summed E-state index contributed by atoms with van der Waals surface area (Å²) in [6.45, 7) is 6.66. The van der Waals surface area contributed by atoms with Crippen LogP contribution in [-0.4, -0.2) is 4.98 Å². The summed E-state index contributed by atoms with van der Waals surface area (Å²) in [5, 5.41) is 1.12. The molecule has 0 saturated carbocycles. The summed E-state index contributed by atoms with van der Waals surface area (Å²) in [6.07, 6.45) is 3.67. The molecule has 15 heavy (non-hydrogen) atoms. The molecule has 84 valence electrons. The van der Waals surface area contributed by atoms with Crippen molar-refractivity contribution in [3.8, 4) is 0 Å². The molecular formula is C12H20N2S. The molecule has 3 heteroatoms. The average Bonchev–Trinajstić information content (AvgIpc) is 2.59. The Morgan fingerprint density at radius 3 is 2.73 bits per heavy atom. The minimum atomic E-state index is 0.0955. The lowest BCUT2D eigenvalue weighted by Gasteiger charge is -2.24. The Labute approximate surface area is 95.9 Å². The van der Waals surface area contributed by atoms with Crippen LogP contribution in [0.5, 0.6) is 0 Å². The van der Waals surface area contributed by atoms with Crippen LogP contribution in [0.1, 0.15) is 48.8 Å². The molecule has 0 radical (unpaired) electrons. The van der Waals surface area contributed by atoms with E-state index in [1.807, 2.05) is 18.3 Å². The predicted molar refractivity (Wildman–Crippen MR) is 65.1 cm³/mol. The highest BCUT2D eigenvalue weighted by Gasteiger charge is 2.24. The second kappa shape index (κ2) is 4.22. The molecule has 0 bridgehead atoms. The zero-order valence-corrected chi connectivity index (χ0v) is 10.6. The third-order valence-electron chi connectivity index (χ3n) is 3.33. The van der Waals surface area contributed by atoms with E-state index in [1.165, 1.54) is 23.4 Å². The molecule has 0 amide bonds. The minimum absolute atomic E-state index is 0.0955. The maximum absolute atomic E-state index is 5.87. The van der Waals surface area contributed by atoms with Gasteiger partial charge in [0.25, 0.3) is 0 Å². The second-order valence-electron chi connectivity index (χ2n) is 4.96. The highest BCUT2D eigenvalue weighted by atomic mass is 32.1. The van der Waals surface area contributed by atoms with Gasteiger partial charge < -0.3 is 5.73 Å². The first kappa shape index (κ1) is 11.1. The highest BCUT2D eigenvalue weighted by molar-refractivity contribution is 7.11. The van der Waals surface area contributed by atoms with Gasteiger partial charge >= 0.3 is 0 Å². The summed E-state index contributed by atoms with van der Waals surface area (Å²) in [7, 11) is 0. The normalized spacial score (nSPS) is 22.9. The van der Waals surface area contributed by atoms with Gasteiger partial charge in [-0.2, -0.15) is 0 Å². The number of nitrogens with two attached hydrogens (primary N) is 1. The topological polar surface area (TPSA) is 38.9 Å². The van der Waals surface area contributed by atoms with Gasteiger partial charge in [-0.05, 0) is 38.0 Å². The fourth-order valence-electron chi connectivity index (χ4n) is 2.18. The summed E-state index contributed by atoms with van der Waals surface area (Å²) in [5.74, 6) is 1.64. The van der Waals surface area contributed by atoms with E-state index < -0.39 is 0 Å². The number of hydrogen-bond donors (Lipinski definition) is 1. The van der Waals surface area contributed by atoms with Crippen LogP contribution in [0, 0.1) is 11.8 Å². The number of rotatable bonds is 2. The molecule has 1 aromatic rings. The Balaban J connectivity index is 2.19. The van der Waals surface area contributed by atoms with Gasteiger partial charge in [-0.1, -0.05) is 13.8 Å². The monoisotopic (exact) mass is 224 g/mol. The fraction of sp³-hybridized carbons (Fsp3) is 0.750. The largest absolute Gasteiger partial charge is 0.322 e. The summed E-state index contributed by atoms with van der Waals surface area (Å²) in [5.41, 5.74) is 7.19. The molecule has 0 aromatic carbocycles. The third-order valence-corrected chi connectivity index (χ3v) is 4.65. The number of fused-ring (bicyclic) bond motifs is 1. The summed E-state index contributed by atoms with van der Waals surface area (Å²) in [4.78, 5) is 6.13. The van der Waals surface area contributed by atoms with Gasteiger partial charge in [-0.25, -0.2) is 4.98 Å². The van der Waals surface area contributed by atoms with E-state index in [0.717, 1.165) is 23.3 Å². The molecule has 0 saturated heterocycles. The number of thiazole rings is 1. The van der Waals surface area contributed by atoms with Crippen molar-refractivity contribution >= 4 is 11.3 Å². The Bertz CT molecular complexity index is 341. The van der Waals surface area contributed by atoms with Gasteiger partial charge in [0.15, 0.2) is 0 Å². The molecule has 0 fully saturated rings. The van der Waals surface area contributed by atoms with Crippen LogP contribution in [0.4, 0.5) is 0 Å². The minimum Gasteiger partial charge on any atom is -0.322 e. The lowest BCUT2D eigenvalue weighted by Crippen LogP contribution is -2.17. The first-order valence-electron chi connectivity index (χ1n) is 5.82. The van der Waals surface area contributed by atoms with Crippen LogP contribution in [0.15, 0.2) is 0 Å². The van der Waals surface area contributed by atoms with Crippen molar-refractivity contribution < 1.29 is 0 Å². The summed E-state index contributed by atoms with van der Waals surface area (Å²) >= 11 is 1.83. The van der Waals surface area contributed by atoms with E-state index in [1.54, 1.807) is 0 Å². The summed E-state index contributed by atoms with van der Waals surface area (Å²) < 4.78 is 0. The first-order valence-corrected chi connectivity index (χ1v) is 6.63. The molecule has 1 aliphatic carbocycles. The van der Waals surface area contributed by atoms with Gasteiger partial charge in [0.1, 0.15) is 5.01 Å². The van der Waals surface area contributed by atoms with Gasteiger partial charge in [-0.15, -0.1) is 11.3 Å². The van der Waals surface area contributed by atoms with Crippen molar-refractivity contribution in [1.82, 2.24) is 4.98 Å². The maximum Gasteiger partial charge on any atom is 0.110 e. The Morgan fingerprint density at radius 2 is 2.13 bits per heavy atom. The Kier molecular flexibility index (Phi) is 3.12. The van der Waals surface area contributed by atoms with Crippen molar-refractivity contribution in [2.24, 2.45) is 17.6 Å². The molecule has 1 heterocycles. The van der Waals surface area contributed by atoms with E-state index in [2.05, 4.69) is 18.8 Å². The van der Waals surface area contributed by atoms with Gasteiger partial charge in [0.2, 0.25) is 0 Å². The first-order chi connectivity index (χ1) is 7.08. The number of aromatic nitrogens is 1. The van der Waals surface area contributed by atoms with Crippen LogP contribution < -0.4 is 5.73 Å². The van der Waals surface area contributed by atoms with Crippen LogP contribution >= 0.6 is 11.3 Å². The van der Waals surface area contributed by atoms with E-state index in [4.69, 9.17) is 5.73 Å². The van der Waals surface area contributed by atoms with Crippen LogP contribution in [0.2, 0.25) is 0 Å². The summed E-state index contributed by atoms with van der Waals surface area (Å²) in [6, 6.07) is 0.0955. The van der Waals surface area contributed by atoms with Crippen LogP contribution in [-0.2, 0) is 12.8 Å². The molecule has 2 nitrogen and oxygen atoms in total. The van der Waals surface area contributed by atoms with Crippen molar-refractivity contribution in [3.63, 3.8) is 0 Å². The predicted octanol–water partition coefficient (Wildman–Crippen LogP) is 2.92. The van der Waals surface area contributed by atoms with E-state index in [0.29, 0.717) is 0 Å². The average molecular weight is 224 g/mol. The van der Waals surface area contributed by atoms with Gasteiger partial charge in [0, 0.05) is 4.88 Å². The standard InChI is InChI=1S/C12H20N2S/c1-7(2)9-4-5-10-11(6-9)15-12(14-10)8(3)13/h7-9H,4-6,13H2,1-3H3. The second-order valence-corrected chi connectivity index (χ2v) is 6.07. The van der Waals surface area contributed by atoms with E-state index in [-0.39, 0.29) is 6.04 Å². The molecule has 1 aliphatic rings. The van der Waals surface area contributed by atoms with Crippen LogP contribution in [0.3, 0.4) is 0 Å². The Hall–Kier alpha value is -0.410. The fourth-order valence-corrected chi connectivity index (χ4v) is 3.34. The van der Waals surface area contributed by atoms with Crippen molar-refractivity contribution in [2.75, 3.05) is 0 Å². The highest BCUT2D eigenvalue weighted by Crippen LogP contribution is 2.34. The third kappa shape index (κ3) is 2.23. The molecule has 1 aromatic heterocycles. The molecule has 2 unspecified atom stereocenters. The molecule has 2 N–H and O–H groups in total. The molecular weight excluding hydrogens is 204 g/mol. The van der Waals surface area contributed by atoms with Crippen molar-refractivity contribution in [3.05, 3.63) is 15.6 Å².